The third-order valence-corrected chi connectivity index (χ3v) is 4.29. The molecule has 0 bridgehead atoms. The molecule has 1 aliphatic heterocycles. The Morgan fingerprint density at radius 3 is 2.60 bits per heavy atom. The zero-order chi connectivity index (χ0) is 17.6. The number of likely N-dealkylation sites (tertiary alicyclic amines) is 1. The van der Waals surface area contributed by atoms with E-state index in [1.807, 2.05) is 38.1 Å². The Balaban J connectivity index is 1.42. The smallest absolute Gasteiger partial charge is 0.122 e. The van der Waals surface area contributed by atoms with Gasteiger partial charge in [0.1, 0.15) is 30.3 Å². The van der Waals surface area contributed by atoms with Crippen LogP contribution in [0.15, 0.2) is 42.7 Å². The van der Waals surface area contributed by atoms with Gasteiger partial charge >= 0.3 is 0 Å². The van der Waals surface area contributed by atoms with Crippen LogP contribution in [0.3, 0.4) is 0 Å². The molecule has 1 saturated heterocycles. The molecule has 5 heteroatoms. The van der Waals surface area contributed by atoms with Gasteiger partial charge in [-0.25, -0.2) is 0 Å². The Labute approximate surface area is 149 Å². The van der Waals surface area contributed by atoms with Crippen LogP contribution in [0, 0.1) is 13.8 Å². The number of rotatable bonds is 7. The van der Waals surface area contributed by atoms with E-state index in [2.05, 4.69) is 16.0 Å². The van der Waals surface area contributed by atoms with E-state index in [4.69, 9.17) is 9.47 Å². The largest absolute Gasteiger partial charge is 0.491 e. The number of β-amino-alcohol motifs (C(OH)–C–C–N with tert-alkyl or cyclic N) is 1. The van der Waals surface area contributed by atoms with Crippen LogP contribution >= 0.6 is 0 Å². The van der Waals surface area contributed by atoms with Gasteiger partial charge in [0.2, 0.25) is 0 Å². The maximum atomic E-state index is 10.3. The van der Waals surface area contributed by atoms with Gasteiger partial charge in [0, 0.05) is 32.0 Å². The topological polar surface area (TPSA) is 54.8 Å². The zero-order valence-electron chi connectivity index (χ0n) is 14.9. The molecule has 1 aromatic heterocycles. The van der Waals surface area contributed by atoms with E-state index in [1.165, 1.54) is 11.1 Å². The Kier molecular flexibility index (Phi) is 5.89. The van der Waals surface area contributed by atoms with Crippen LogP contribution in [0.25, 0.3) is 0 Å². The molecule has 3 rings (SSSR count). The summed E-state index contributed by atoms with van der Waals surface area (Å²) in [5.74, 6) is 1.66. The molecule has 0 radical (unpaired) electrons. The molecule has 134 valence electrons. The quantitative estimate of drug-likeness (QED) is 0.838. The van der Waals surface area contributed by atoms with Gasteiger partial charge < -0.3 is 14.6 Å². The summed E-state index contributed by atoms with van der Waals surface area (Å²) >= 11 is 0. The van der Waals surface area contributed by atoms with Crippen LogP contribution in [-0.2, 0) is 0 Å². The number of aromatic nitrogens is 1. The highest BCUT2D eigenvalue weighted by Crippen LogP contribution is 2.19. The first-order valence-electron chi connectivity index (χ1n) is 8.76. The molecular formula is C20H26N2O3. The van der Waals surface area contributed by atoms with Gasteiger partial charge in [-0.3, -0.25) is 9.88 Å². The predicted octanol–water partition coefficient (Wildman–Crippen LogP) is 2.59. The summed E-state index contributed by atoms with van der Waals surface area (Å²) < 4.78 is 11.7. The van der Waals surface area contributed by atoms with Gasteiger partial charge in [-0.2, -0.15) is 0 Å². The van der Waals surface area contributed by atoms with E-state index < -0.39 is 6.10 Å². The number of hydrogen-bond donors (Lipinski definition) is 1. The maximum absolute atomic E-state index is 10.3. The molecular weight excluding hydrogens is 316 g/mol. The van der Waals surface area contributed by atoms with Gasteiger partial charge in [0.05, 0.1) is 0 Å². The van der Waals surface area contributed by atoms with Crippen LogP contribution in [0.5, 0.6) is 11.5 Å². The standard InChI is InChI=1S/C20H26N2O3/c1-15-9-16(2)11-20(10-15)24-14-17(23)12-22-8-5-19(13-22)25-18-3-6-21-7-4-18/h3-4,6-7,9-11,17,19,23H,5,8,12-14H2,1-2H3. The number of nitrogens with zero attached hydrogens (tertiary/aromatic N) is 2. The van der Waals surface area contributed by atoms with E-state index in [1.54, 1.807) is 12.4 Å². The Morgan fingerprint density at radius 2 is 1.88 bits per heavy atom. The molecule has 0 aliphatic carbocycles. The average Bonchev–Trinajstić information content (AvgIpc) is 3.00. The van der Waals surface area contributed by atoms with Crippen LogP contribution in [0.2, 0.25) is 0 Å². The highest BCUT2D eigenvalue weighted by Gasteiger charge is 2.25. The number of aliphatic hydroxyl groups is 1. The maximum Gasteiger partial charge on any atom is 0.122 e. The summed E-state index contributed by atoms with van der Waals surface area (Å²) in [6.45, 7) is 6.74. The number of benzene rings is 1. The molecule has 0 amide bonds. The van der Waals surface area contributed by atoms with Crippen molar-refractivity contribution in [1.82, 2.24) is 9.88 Å². The number of hydrogen-bond acceptors (Lipinski definition) is 5. The molecule has 2 heterocycles. The van der Waals surface area contributed by atoms with Crippen molar-refractivity contribution in [2.24, 2.45) is 0 Å². The highest BCUT2D eigenvalue weighted by molar-refractivity contribution is 5.33. The van der Waals surface area contributed by atoms with Crippen LogP contribution < -0.4 is 9.47 Å². The molecule has 5 nitrogen and oxygen atoms in total. The van der Waals surface area contributed by atoms with Crippen LogP contribution in [-0.4, -0.2) is 53.4 Å². The summed E-state index contributed by atoms with van der Waals surface area (Å²) in [5.41, 5.74) is 2.33. The van der Waals surface area contributed by atoms with Gasteiger partial charge in [-0.05, 0) is 55.7 Å². The summed E-state index contributed by atoms with van der Waals surface area (Å²) in [7, 11) is 0. The number of ether oxygens (including phenoxy) is 2. The van der Waals surface area contributed by atoms with E-state index in [9.17, 15) is 5.11 Å². The molecule has 2 unspecified atom stereocenters. The lowest BCUT2D eigenvalue weighted by Gasteiger charge is -2.20. The molecule has 1 N–H and O–H groups in total. The molecule has 2 aromatic rings. The Bertz CT molecular complexity index is 658. The second kappa shape index (κ2) is 8.32. The fourth-order valence-corrected chi connectivity index (χ4v) is 3.23. The average molecular weight is 342 g/mol. The summed E-state index contributed by atoms with van der Waals surface area (Å²) in [6.07, 6.45) is 4.08. The lowest BCUT2D eigenvalue weighted by Crippen LogP contribution is -2.35. The predicted molar refractivity (Wildman–Crippen MR) is 97.1 cm³/mol. The van der Waals surface area contributed by atoms with Crippen molar-refractivity contribution in [3.63, 3.8) is 0 Å². The third-order valence-electron chi connectivity index (χ3n) is 4.29. The van der Waals surface area contributed by atoms with Gasteiger partial charge in [-0.1, -0.05) is 6.07 Å². The molecule has 1 fully saturated rings. The molecule has 2 atom stereocenters. The van der Waals surface area contributed by atoms with Crippen LogP contribution in [0.1, 0.15) is 17.5 Å². The number of aliphatic hydroxyl groups excluding tert-OH is 1. The molecule has 1 aliphatic rings. The van der Waals surface area contributed by atoms with Gasteiger partial charge in [0.25, 0.3) is 0 Å². The minimum Gasteiger partial charge on any atom is -0.491 e. The van der Waals surface area contributed by atoms with Crippen molar-refractivity contribution in [3.05, 3.63) is 53.9 Å². The monoisotopic (exact) mass is 342 g/mol. The first-order valence-corrected chi connectivity index (χ1v) is 8.76. The highest BCUT2D eigenvalue weighted by atomic mass is 16.5. The van der Waals surface area contributed by atoms with Crippen molar-refractivity contribution in [2.45, 2.75) is 32.5 Å². The van der Waals surface area contributed by atoms with E-state index >= 15 is 0 Å². The van der Waals surface area contributed by atoms with E-state index in [0.717, 1.165) is 31.0 Å². The minimum atomic E-state index is -0.513. The van der Waals surface area contributed by atoms with Gasteiger partial charge in [-0.15, -0.1) is 0 Å². The fourth-order valence-electron chi connectivity index (χ4n) is 3.23. The lowest BCUT2D eigenvalue weighted by molar-refractivity contribution is 0.0719. The van der Waals surface area contributed by atoms with Crippen molar-refractivity contribution >= 4 is 0 Å². The number of pyridine rings is 1. The third kappa shape index (κ3) is 5.44. The minimum absolute atomic E-state index is 0.162. The second-order valence-electron chi connectivity index (χ2n) is 6.76. The van der Waals surface area contributed by atoms with Crippen LogP contribution in [0.4, 0.5) is 0 Å². The Hall–Kier alpha value is -2.11. The number of aryl methyl sites for hydroxylation is 2. The molecule has 25 heavy (non-hydrogen) atoms. The molecule has 0 spiro atoms. The van der Waals surface area contributed by atoms with Crippen molar-refractivity contribution in [1.29, 1.82) is 0 Å². The SMILES string of the molecule is Cc1cc(C)cc(OCC(O)CN2CCC(Oc3ccncc3)C2)c1. The summed E-state index contributed by atoms with van der Waals surface area (Å²) in [5, 5.41) is 10.3. The molecule has 0 saturated carbocycles. The molecule has 1 aromatic carbocycles. The summed E-state index contributed by atoms with van der Waals surface area (Å²) in [6, 6.07) is 9.84. The Morgan fingerprint density at radius 1 is 1.16 bits per heavy atom. The first-order chi connectivity index (χ1) is 12.1. The van der Waals surface area contributed by atoms with Crippen molar-refractivity contribution < 1.29 is 14.6 Å². The fraction of sp³-hybridized carbons (Fsp3) is 0.450. The van der Waals surface area contributed by atoms with Crippen molar-refractivity contribution in [2.75, 3.05) is 26.2 Å². The second-order valence-corrected chi connectivity index (χ2v) is 6.76. The van der Waals surface area contributed by atoms with E-state index in [0.29, 0.717) is 13.2 Å². The lowest BCUT2D eigenvalue weighted by atomic mass is 10.1. The zero-order valence-corrected chi connectivity index (χ0v) is 14.9. The van der Waals surface area contributed by atoms with Crippen molar-refractivity contribution in [3.8, 4) is 11.5 Å². The van der Waals surface area contributed by atoms with E-state index in [-0.39, 0.29) is 6.10 Å². The van der Waals surface area contributed by atoms with Gasteiger partial charge in [0.15, 0.2) is 0 Å². The normalized spacial score (nSPS) is 18.9. The summed E-state index contributed by atoms with van der Waals surface area (Å²) in [4.78, 5) is 6.22. The first kappa shape index (κ1) is 17.7.